The van der Waals surface area contributed by atoms with Gasteiger partial charge < -0.3 is 4.90 Å². The van der Waals surface area contributed by atoms with Crippen LogP contribution in [0.3, 0.4) is 0 Å². The predicted octanol–water partition coefficient (Wildman–Crippen LogP) is 1.51. The van der Waals surface area contributed by atoms with Crippen LogP contribution in [0.25, 0.3) is 0 Å². The molecular weight excluding hydrogens is 250 g/mol. The molecule has 5 heteroatoms. The van der Waals surface area contributed by atoms with Crippen LogP contribution >= 0.6 is 0 Å². The molecule has 2 heterocycles. The smallest absolute Gasteiger partial charge is 0.161 e. The van der Waals surface area contributed by atoms with E-state index >= 15 is 0 Å². The van der Waals surface area contributed by atoms with Crippen LogP contribution < -0.4 is 4.90 Å². The van der Waals surface area contributed by atoms with Gasteiger partial charge in [0.15, 0.2) is 5.69 Å². The topological polar surface area (TPSA) is 56.1 Å². The van der Waals surface area contributed by atoms with Gasteiger partial charge in [-0.05, 0) is 18.3 Å². The van der Waals surface area contributed by atoms with E-state index < -0.39 is 0 Å². The number of nitrogens with zero attached hydrogens (tertiary/aromatic N) is 5. The maximum absolute atomic E-state index is 8.94. The standard InChI is InChI=1S/C15H21N5/c1-11-9-19(14-5-12(14)2)3-4-20(10-11)15-8-17-7-13(6-16)18-15/h7-8,11-12,14H,3-5,9-10H2,1-2H3/t11-,12-,14-/m0/s1. The van der Waals surface area contributed by atoms with E-state index in [4.69, 9.17) is 5.26 Å². The molecule has 0 unspecified atom stereocenters. The Bertz CT molecular complexity index is 523. The van der Waals surface area contributed by atoms with E-state index in [1.54, 1.807) is 6.20 Å². The molecule has 0 N–H and O–H groups in total. The zero-order valence-corrected chi connectivity index (χ0v) is 12.2. The summed E-state index contributed by atoms with van der Waals surface area (Å²) >= 11 is 0. The molecule has 3 rings (SSSR count). The Kier molecular flexibility index (Phi) is 3.58. The molecule has 1 aromatic heterocycles. The summed E-state index contributed by atoms with van der Waals surface area (Å²) in [6, 6.07) is 2.85. The molecule has 5 nitrogen and oxygen atoms in total. The van der Waals surface area contributed by atoms with Gasteiger partial charge in [-0.3, -0.25) is 9.88 Å². The second kappa shape index (κ2) is 5.37. The molecular formula is C15H21N5. The van der Waals surface area contributed by atoms with Gasteiger partial charge in [0, 0.05) is 32.2 Å². The summed E-state index contributed by atoms with van der Waals surface area (Å²) in [6.07, 6.45) is 4.63. The maximum Gasteiger partial charge on any atom is 0.161 e. The quantitative estimate of drug-likeness (QED) is 0.816. The predicted molar refractivity (Wildman–Crippen MR) is 77.3 cm³/mol. The van der Waals surface area contributed by atoms with Crippen molar-refractivity contribution < 1.29 is 0 Å². The molecule has 20 heavy (non-hydrogen) atoms. The lowest BCUT2D eigenvalue weighted by atomic mass is 10.1. The molecule has 106 valence electrons. The molecule has 2 aliphatic rings. The van der Waals surface area contributed by atoms with Crippen LogP contribution in [0.1, 0.15) is 26.0 Å². The van der Waals surface area contributed by atoms with E-state index in [2.05, 4.69) is 39.7 Å². The Labute approximate surface area is 120 Å². The molecule has 0 spiro atoms. The van der Waals surface area contributed by atoms with Gasteiger partial charge in [0.25, 0.3) is 0 Å². The highest BCUT2D eigenvalue weighted by Gasteiger charge is 2.39. The molecule has 0 bridgehead atoms. The number of aromatic nitrogens is 2. The van der Waals surface area contributed by atoms with Crippen molar-refractivity contribution >= 4 is 5.82 Å². The van der Waals surface area contributed by atoms with Gasteiger partial charge in [-0.1, -0.05) is 13.8 Å². The van der Waals surface area contributed by atoms with E-state index in [9.17, 15) is 0 Å². The van der Waals surface area contributed by atoms with Crippen molar-refractivity contribution in [3.05, 3.63) is 18.1 Å². The van der Waals surface area contributed by atoms with Gasteiger partial charge in [-0.25, -0.2) is 4.98 Å². The number of hydrogen-bond donors (Lipinski definition) is 0. The Morgan fingerprint density at radius 1 is 1.25 bits per heavy atom. The SMILES string of the molecule is C[C@@H]1CN(c2cncc(C#N)n2)CCN([C@H]2C[C@@H]2C)C1. The summed E-state index contributed by atoms with van der Waals surface area (Å²) in [5.41, 5.74) is 0.395. The van der Waals surface area contributed by atoms with Gasteiger partial charge in [0.1, 0.15) is 11.9 Å². The van der Waals surface area contributed by atoms with Gasteiger partial charge in [-0.2, -0.15) is 5.26 Å². The molecule has 2 fully saturated rings. The van der Waals surface area contributed by atoms with Gasteiger partial charge in [0.2, 0.25) is 0 Å². The van der Waals surface area contributed by atoms with Crippen LogP contribution in [-0.2, 0) is 0 Å². The Morgan fingerprint density at radius 3 is 2.75 bits per heavy atom. The van der Waals surface area contributed by atoms with Crippen LogP contribution in [0.15, 0.2) is 12.4 Å². The fraction of sp³-hybridized carbons (Fsp3) is 0.667. The van der Waals surface area contributed by atoms with Crippen LogP contribution in [-0.4, -0.2) is 47.1 Å². The average Bonchev–Trinajstić information content (AvgIpc) is 3.21. The fourth-order valence-electron chi connectivity index (χ4n) is 3.15. The van der Waals surface area contributed by atoms with Crippen LogP contribution in [0.5, 0.6) is 0 Å². The minimum atomic E-state index is 0.395. The zero-order chi connectivity index (χ0) is 14.1. The highest BCUT2D eigenvalue weighted by atomic mass is 15.3. The highest BCUT2D eigenvalue weighted by Crippen LogP contribution is 2.36. The fourth-order valence-corrected chi connectivity index (χ4v) is 3.15. The van der Waals surface area contributed by atoms with E-state index in [1.807, 2.05) is 0 Å². The molecule has 1 aliphatic carbocycles. The van der Waals surface area contributed by atoms with Crippen molar-refractivity contribution in [3.63, 3.8) is 0 Å². The molecule has 0 aromatic carbocycles. The Balaban J connectivity index is 1.72. The van der Waals surface area contributed by atoms with Crippen LogP contribution in [0, 0.1) is 23.2 Å². The Morgan fingerprint density at radius 2 is 2.05 bits per heavy atom. The van der Waals surface area contributed by atoms with Crippen LogP contribution in [0.4, 0.5) is 5.82 Å². The summed E-state index contributed by atoms with van der Waals surface area (Å²) < 4.78 is 0. The highest BCUT2D eigenvalue weighted by molar-refractivity contribution is 5.38. The second-order valence-corrected chi connectivity index (χ2v) is 6.20. The van der Waals surface area contributed by atoms with Crippen molar-refractivity contribution in [3.8, 4) is 6.07 Å². The van der Waals surface area contributed by atoms with Crippen LogP contribution in [0.2, 0.25) is 0 Å². The maximum atomic E-state index is 8.94. The van der Waals surface area contributed by atoms with Crippen molar-refractivity contribution in [1.82, 2.24) is 14.9 Å². The minimum Gasteiger partial charge on any atom is -0.354 e. The first-order chi connectivity index (χ1) is 9.67. The molecule has 1 aliphatic heterocycles. The summed E-state index contributed by atoms with van der Waals surface area (Å²) in [5.74, 6) is 2.30. The first-order valence-corrected chi connectivity index (χ1v) is 7.38. The van der Waals surface area contributed by atoms with E-state index in [0.29, 0.717) is 11.6 Å². The molecule has 1 saturated heterocycles. The summed E-state index contributed by atoms with van der Waals surface area (Å²) in [7, 11) is 0. The first kappa shape index (κ1) is 13.3. The van der Waals surface area contributed by atoms with Crippen molar-refractivity contribution in [2.24, 2.45) is 11.8 Å². The van der Waals surface area contributed by atoms with Gasteiger partial charge >= 0.3 is 0 Å². The first-order valence-electron chi connectivity index (χ1n) is 7.38. The van der Waals surface area contributed by atoms with E-state index in [-0.39, 0.29) is 0 Å². The normalized spacial score (nSPS) is 30.6. The zero-order valence-electron chi connectivity index (χ0n) is 12.2. The number of nitriles is 1. The molecule has 1 saturated carbocycles. The molecule has 3 atom stereocenters. The Hall–Kier alpha value is -1.67. The van der Waals surface area contributed by atoms with Crippen molar-refractivity contribution in [2.75, 3.05) is 31.1 Å². The molecule has 1 aromatic rings. The third-order valence-corrected chi connectivity index (χ3v) is 4.33. The summed E-state index contributed by atoms with van der Waals surface area (Å²) in [6.45, 7) is 8.83. The summed E-state index contributed by atoms with van der Waals surface area (Å²) in [5, 5.41) is 8.94. The van der Waals surface area contributed by atoms with Gasteiger partial charge in [0.05, 0.1) is 12.4 Å². The number of rotatable bonds is 2. The number of hydrogen-bond acceptors (Lipinski definition) is 5. The third kappa shape index (κ3) is 2.75. The van der Waals surface area contributed by atoms with Crippen molar-refractivity contribution in [1.29, 1.82) is 5.26 Å². The third-order valence-electron chi connectivity index (χ3n) is 4.33. The van der Waals surface area contributed by atoms with E-state index in [0.717, 1.165) is 44.0 Å². The minimum absolute atomic E-state index is 0.395. The van der Waals surface area contributed by atoms with Gasteiger partial charge in [-0.15, -0.1) is 0 Å². The lowest BCUT2D eigenvalue weighted by Crippen LogP contribution is -2.33. The lowest BCUT2D eigenvalue weighted by molar-refractivity contribution is 0.246. The number of anilines is 1. The lowest BCUT2D eigenvalue weighted by Gasteiger charge is -2.22. The average molecular weight is 271 g/mol. The van der Waals surface area contributed by atoms with Crippen molar-refractivity contribution in [2.45, 2.75) is 26.3 Å². The monoisotopic (exact) mass is 271 g/mol. The molecule has 0 amide bonds. The van der Waals surface area contributed by atoms with E-state index in [1.165, 1.54) is 12.6 Å². The second-order valence-electron chi connectivity index (χ2n) is 6.20. The largest absolute Gasteiger partial charge is 0.354 e. The summed E-state index contributed by atoms with van der Waals surface area (Å²) in [4.78, 5) is 13.4. The molecule has 0 radical (unpaired) electrons.